The van der Waals surface area contributed by atoms with E-state index in [1.165, 1.54) is 12.1 Å². The molecular formula is C15H14F2O2. The molecule has 0 amide bonds. The van der Waals surface area contributed by atoms with Gasteiger partial charge in [-0.1, -0.05) is 24.3 Å². The van der Waals surface area contributed by atoms with Gasteiger partial charge >= 0.3 is 0 Å². The summed E-state index contributed by atoms with van der Waals surface area (Å²) < 4.78 is 32.7. The molecule has 2 aromatic carbocycles. The van der Waals surface area contributed by atoms with Gasteiger partial charge in [0.2, 0.25) is 5.82 Å². The molecule has 0 aliphatic carbocycles. The number of aliphatic hydroxyl groups excluding tert-OH is 1. The number of rotatable bonds is 4. The molecule has 0 spiro atoms. The maximum atomic E-state index is 13.9. The number of hydrogen-bond acceptors (Lipinski definition) is 2. The molecule has 0 aliphatic rings. The molecule has 1 N–H and O–H groups in total. The second kappa shape index (κ2) is 5.80. The highest BCUT2D eigenvalue weighted by molar-refractivity contribution is 5.65. The lowest BCUT2D eigenvalue weighted by Crippen LogP contribution is -1.98. The van der Waals surface area contributed by atoms with Gasteiger partial charge in [0.25, 0.3) is 0 Å². The molecule has 0 atom stereocenters. The Labute approximate surface area is 110 Å². The lowest BCUT2D eigenvalue weighted by atomic mass is 10.0. The van der Waals surface area contributed by atoms with Gasteiger partial charge in [-0.3, -0.25) is 0 Å². The highest BCUT2D eigenvalue weighted by Crippen LogP contribution is 2.29. The molecule has 100 valence electrons. The van der Waals surface area contributed by atoms with Crippen LogP contribution in [0.4, 0.5) is 8.78 Å². The van der Waals surface area contributed by atoms with Gasteiger partial charge in [0, 0.05) is 5.56 Å². The van der Waals surface area contributed by atoms with Crippen molar-refractivity contribution in [3.63, 3.8) is 0 Å². The van der Waals surface area contributed by atoms with Crippen LogP contribution in [0, 0.1) is 11.6 Å². The first-order valence-electron chi connectivity index (χ1n) is 5.98. The third kappa shape index (κ3) is 2.74. The number of halogens is 2. The summed E-state index contributed by atoms with van der Waals surface area (Å²) in [7, 11) is 0. The van der Waals surface area contributed by atoms with E-state index < -0.39 is 11.6 Å². The van der Waals surface area contributed by atoms with Crippen LogP contribution >= 0.6 is 0 Å². The highest BCUT2D eigenvalue weighted by atomic mass is 19.2. The largest absolute Gasteiger partial charge is 0.491 e. The van der Waals surface area contributed by atoms with E-state index in [4.69, 9.17) is 9.84 Å². The Morgan fingerprint density at radius 2 is 1.68 bits per heavy atom. The summed E-state index contributed by atoms with van der Waals surface area (Å²) in [6, 6.07) is 9.52. The van der Waals surface area contributed by atoms with Crippen LogP contribution in [0.2, 0.25) is 0 Å². The molecule has 2 rings (SSSR count). The van der Waals surface area contributed by atoms with Crippen molar-refractivity contribution >= 4 is 0 Å². The van der Waals surface area contributed by atoms with Gasteiger partial charge in [0.15, 0.2) is 11.6 Å². The van der Waals surface area contributed by atoms with Gasteiger partial charge in [-0.2, -0.15) is 4.39 Å². The van der Waals surface area contributed by atoms with Gasteiger partial charge in [0.1, 0.15) is 0 Å². The highest BCUT2D eigenvalue weighted by Gasteiger charge is 2.15. The first-order valence-corrected chi connectivity index (χ1v) is 5.98. The van der Waals surface area contributed by atoms with E-state index in [9.17, 15) is 8.78 Å². The van der Waals surface area contributed by atoms with E-state index in [-0.39, 0.29) is 24.5 Å². The van der Waals surface area contributed by atoms with Crippen molar-refractivity contribution in [2.24, 2.45) is 0 Å². The summed E-state index contributed by atoms with van der Waals surface area (Å²) in [6.45, 7) is 1.90. The van der Waals surface area contributed by atoms with Crippen molar-refractivity contribution in [1.29, 1.82) is 0 Å². The van der Waals surface area contributed by atoms with Crippen LogP contribution in [0.15, 0.2) is 36.4 Å². The van der Waals surface area contributed by atoms with Gasteiger partial charge in [-0.05, 0) is 30.2 Å². The zero-order valence-corrected chi connectivity index (χ0v) is 10.5. The van der Waals surface area contributed by atoms with Crippen LogP contribution in [0.3, 0.4) is 0 Å². The van der Waals surface area contributed by atoms with Crippen LogP contribution in [0.25, 0.3) is 11.1 Å². The second-order valence-electron chi connectivity index (χ2n) is 4.03. The number of benzene rings is 2. The molecule has 2 nitrogen and oxygen atoms in total. The third-order valence-electron chi connectivity index (χ3n) is 2.79. The smallest absolute Gasteiger partial charge is 0.201 e. The Bertz CT molecular complexity index is 565. The van der Waals surface area contributed by atoms with E-state index in [0.29, 0.717) is 5.56 Å². The van der Waals surface area contributed by atoms with E-state index in [2.05, 4.69) is 0 Å². The molecule has 19 heavy (non-hydrogen) atoms. The number of ether oxygens (including phenoxy) is 1. The Hall–Kier alpha value is -1.94. The third-order valence-corrected chi connectivity index (χ3v) is 2.79. The van der Waals surface area contributed by atoms with Gasteiger partial charge < -0.3 is 9.84 Å². The summed E-state index contributed by atoms with van der Waals surface area (Å²) in [5.41, 5.74) is 1.44. The van der Waals surface area contributed by atoms with Crippen LogP contribution < -0.4 is 4.74 Å². The van der Waals surface area contributed by atoms with E-state index in [1.54, 1.807) is 31.2 Å². The molecule has 0 heterocycles. The van der Waals surface area contributed by atoms with Crippen molar-refractivity contribution in [3.05, 3.63) is 53.6 Å². The summed E-state index contributed by atoms with van der Waals surface area (Å²) in [4.78, 5) is 0. The fraction of sp³-hybridized carbons (Fsp3) is 0.200. The van der Waals surface area contributed by atoms with Crippen molar-refractivity contribution in [2.45, 2.75) is 13.5 Å². The molecule has 4 heteroatoms. The summed E-state index contributed by atoms with van der Waals surface area (Å²) in [5.74, 6) is -2.00. The molecule has 0 unspecified atom stereocenters. The zero-order chi connectivity index (χ0) is 13.8. The summed E-state index contributed by atoms with van der Waals surface area (Å²) in [6.07, 6.45) is 0. The fourth-order valence-electron chi connectivity index (χ4n) is 1.81. The van der Waals surface area contributed by atoms with Crippen molar-refractivity contribution in [2.75, 3.05) is 6.61 Å². The molecule has 0 aromatic heterocycles. The summed E-state index contributed by atoms with van der Waals surface area (Å²) in [5, 5.41) is 8.94. The Morgan fingerprint density at radius 3 is 2.26 bits per heavy atom. The second-order valence-corrected chi connectivity index (χ2v) is 4.03. The standard InChI is InChI=1S/C15H14F2O2/c1-2-19-13-8-7-12(14(16)15(13)17)11-5-3-10(9-18)4-6-11/h3-8,18H,2,9H2,1H3. The minimum atomic E-state index is -0.981. The van der Waals surface area contributed by atoms with Crippen LogP contribution in [0.5, 0.6) is 5.75 Å². The Kier molecular flexibility index (Phi) is 4.12. The number of hydrogen-bond donors (Lipinski definition) is 1. The Balaban J connectivity index is 2.41. The minimum Gasteiger partial charge on any atom is -0.491 e. The molecule has 0 radical (unpaired) electrons. The van der Waals surface area contributed by atoms with Crippen LogP contribution in [-0.4, -0.2) is 11.7 Å². The molecular weight excluding hydrogens is 250 g/mol. The predicted molar refractivity (Wildman–Crippen MR) is 68.9 cm³/mol. The van der Waals surface area contributed by atoms with Crippen LogP contribution in [0.1, 0.15) is 12.5 Å². The average molecular weight is 264 g/mol. The fourth-order valence-corrected chi connectivity index (χ4v) is 1.81. The van der Waals surface area contributed by atoms with Gasteiger partial charge in [-0.25, -0.2) is 4.39 Å². The maximum absolute atomic E-state index is 13.9. The molecule has 0 bridgehead atoms. The molecule has 0 saturated carbocycles. The van der Waals surface area contributed by atoms with Gasteiger partial charge in [-0.15, -0.1) is 0 Å². The van der Waals surface area contributed by atoms with Crippen molar-refractivity contribution in [3.8, 4) is 16.9 Å². The van der Waals surface area contributed by atoms with Crippen molar-refractivity contribution in [1.82, 2.24) is 0 Å². The zero-order valence-electron chi connectivity index (χ0n) is 10.5. The van der Waals surface area contributed by atoms with Crippen molar-refractivity contribution < 1.29 is 18.6 Å². The first kappa shape index (κ1) is 13.5. The van der Waals surface area contributed by atoms with Crippen LogP contribution in [-0.2, 0) is 6.61 Å². The SMILES string of the molecule is CCOc1ccc(-c2ccc(CO)cc2)c(F)c1F. The molecule has 0 aliphatic heterocycles. The Morgan fingerprint density at radius 1 is 1.00 bits per heavy atom. The predicted octanol–water partition coefficient (Wildman–Crippen LogP) is 3.52. The number of aliphatic hydroxyl groups is 1. The topological polar surface area (TPSA) is 29.5 Å². The van der Waals surface area contributed by atoms with E-state index in [0.717, 1.165) is 5.56 Å². The average Bonchev–Trinajstić information content (AvgIpc) is 2.45. The molecule has 0 fully saturated rings. The first-order chi connectivity index (χ1) is 9.17. The molecule has 0 saturated heterocycles. The summed E-state index contributed by atoms with van der Waals surface area (Å²) >= 11 is 0. The quantitative estimate of drug-likeness (QED) is 0.915. The normalized spacial score (nSPS) is 10.5. The lowest BCUT2D eigenvalue weighted by molar-refractivity contribution is 0.282. The van der Waals surface area contributed by atoms with Gasteiger partial charge in [0.05, 0.1) is 13.2 Å². The lowest BCUT2D eigenvalue weighted by Gasteiger charge is -2.09. The van der Waals surface area contributed by atoms with E-state index >= 15 is 0 Å². The van der Waals surface area contributed by atoms with E-state index in [1.807, 2.05) is 0 Å². The minimum absolute atomic E-state index is 0.0829. The monoisotopic (exact) mass is 264 g/mol. The maximum Gasteiger partial charge on any atom is 0.201 e. The molecule has 2 aromatic rings.